The molecule has 0 saturated carbocycles. The maximum absolute atomic E-state index is 13.7. The van der Waals surface area contributed by atoms with Gasteiger partial charge in [-0.05, 0) is 78.7 Å². The number of hydrogen-bond acceptors (Lipinski definition) is 6. The van der Waals surface area contributed by atoms with E-state index in [1.54, 1.807) is 61.5 Å². The number of ether oxygens (including phenoxy) is 3. The lowest BCUT2D eigenvalue weighted by Crippen LogP contribution is -2.33. The Kier molecular flexibility index (Phi) is 8.80. The molecule has 4 rings (SSSR count). The number of carbonyl (C=O) groups excluding carboxylic acids is 2. The van der Waals surface area contributed by atoms with Crippen LogP contribution in [0.5, 0.6) is 17.2 Å². The highest BCUT2D eigenvalue weighted by atomic mass is 19.1. The largest absolute Gasteiger partial charge is 0.489 e. The number of nitrogens with one attached hydrogen (secondary N) is 1. The van der Waals surface area contributed by atoms with E-state index in [1.807, 2.05) is 30.3 Å². The SMILES string of the molecule is C[C@@H](Oc1ccc(OCc2ccccc2)cc1)C(=O)N/N=C\c1ccc(OC(=O)c2ccccc2F)cc1. The monoisotopic (exact) mass is 512 g/mol. The van der Waals surface area contributed by atoms with Crippen molar-refractivity contribution in [1.29, 1.82) is 0 Å². The van der Waals surface area contributed by atoms with Crippen LogP contribution in [0.25, 0.3) is 0 Å². The molecule has 38 heavy (non-hydrogen) atoms. The Labute approximate surface area is 219 Å². The van der Waals surface area contributed by atoms with Crippen molar-refractivity contribution in [2.24, 2.45) is 5.10 Å². The van der Waals surface area contributed by atoms with Crippen molar-refractivity contribution in [3.8, 4) is 17.2 Å². The fraction of sp³-hybridized carbons (Fsp3) is 0.100. The van der Waals surface area contributed by atoms with Crippen molar-refractivity contribution in [3.05, 3.63) is 126 Å². The lowest BCUT2D eigenvalue weighted by atomic mass is 10.2. The van der Waals surface area contributed by atoms with Crippen LogP contribution in [0.1, 0.15) is 28.4 Å². The summed E-state index contributed by atoms with van der Waals surface area (Å²) >= 11 is 0. The third-order valence-corrected chi connectivity index (χ3v) is 5.33. The van der Waals surface area contributed by atoms with Gasteiger partial charge in [-0.1, -0.05) is 42.5 Å². The third kappa shape index (κ3) is 7.51. The minimum atomic E-state index is -0.792. The van der Waals surface area contributed by atoms with Gasteiger partial charge in [-0.15, -0.1) is 0 Å². The van der Waals surface area contributed by atoms with Gasteiger partial charge in [0.25, 0.3) is 5.91 Å². The maximum Gasteiger partial charge on any atom is 0.346 e. The van der Waals surface area contributed by atoms with Gasteiger partial charge in [0.1, 0.15) is 29.7 Å². The predicted octanol–water partition coefficient (Wildman–Crippen LogP) is 5.54. The number of nitrogens with zero attached hydrogens (tertiary/aromatic N) is 1. The molecule has 192 valence electrons. The number of benzene rings is 4. The summed E-state index contributed by atoms with van der Waals surface area (Å²) in [5, 5.41) is 3.94. The molecule has 0 aliphatic heterocycles. The molecule has 0 saturated heterocycles. The highest BCUT2D eigenvalue weighted by Crippen LogP contribution is 2.20. The Morgan fingerprint density at radius 3 is 2.18 bits per heavy atom. The van der Waals surface area contributed by atoms with Crippen molar-refractivity contribution < 1.29 is 28.2 Å². The zero-order valence-corrected chi connectivity index (χ0v) is 20.5. The Bertz CT molecular complexity index is 1390. The van der Waals surface area contributed by atoms with Crippen LogP contribution in [-0.2, 0) is 11.4 Å². The zero-order valence-electron chi connectivity index (χ0n) is 20.5. The number of rotatable bonds is 10. The summed E-state index contributed by atoms with van der Waals surface area (Å²) < 4.78 is 30.3. The van der Waals surface area contributed by atoms with Gasteiger partial charge in [-0.3, -0.25) is 4.79 Å². The van der Waals surface area contributed by atoms with Crippen molar-refractivity contribution in [3.63, 3.8) is 0 Å². The number of carbonyl (C=O) groups is 2. The van der Waals surface area contributed by atoms with Gasteiger partial charge >= 0.3 is 5.97 Å². The molecule has 7 nitrogen and oxygen atoms in total. The van der Waals surface area contributed by atoms with Crippen LogP contribution in [0.4, 0.5) is 4.39 Å². The lowest BCUT2D eigenvalue weighted by Gasteiger charge is -2.13. The molecule has 0 aromatic heterocycles. The van der Waals surface area contributed by atoms with Gasteiger partial charge in [0, 0.05) is 0 Å². The lowest BCUT2D eigenvalue weighted by molar-refractivity contribution is -0.127. The molecule has 0 bridgehead atoms. The predicted molar refractivity (Wildman–Crippen MR) is 141 cm³/mol. The smallest absolute Gasteiger partial charge is 0.346 e. The molecule has 1 N–H and O–H groups in total. The van der Waals surface area contributed by atoms with E-state index in [1.165, 1.54) is 24.4 Å². The zero-order chi connectivity index (χ0) is 26.7. The van der Waals surface area contributed by atoms with Crippen LogP contribution in [0.2, 0.25) is 0 Å². The van der Waals surface area contributed by atoms with Crippen LogP contribution >= 0.6 is 0 Å². The molecule has 1 atom stereocenters. The van der Waals surface area contributed by atoms with Crippen molar-refractivity contribution >= 4 is 18.1 Å². The summed E-state index contributed by atoms with van der Waals surface area (Å²) in [4.78, 5) is 24.4. The molecular formula is C30H25FN2O5. The molecule has 4 aromatic rings. The van der Waals surface area contributed by atoms with E-state index in [9.17, 15) is 14.0 Å². The Morgan fingerprint density at radius 2 is 1.47 bits per heavy atom. The number of hydrogen-bond donors (Lipinski definition) is 1. The normalized spacial score (nSPS) is 11.5. The first-order valence-electron chi connectivity index (χ1n) is 11.8. The average Bonchev–Trinajstić information content (AvgIpc) is 2.94. The summed E-state index contributed by atoms with van der Waals surface area (Å²) in [6.45, 7) is 2.07. The number of esters is 1. The second-order valence-corrected chi connectivity index (χ2v) is 8.18. The van der Waals surface area contributed by atoms with Crippen LogP contribution in [0, 0.1) is 5.82 Å². The standard InChI is InChI=1S/C30H25FN2O5/c1-21(37-25-17-15-24(16-18-25)36-20-23-7-3-2-4-8-23)29(34)33-32-19-22-11-13-26(14-12-22)38-30(35)27-9-5-6-10-28(27)31/h2-19,21H,20H2,1H3,(H,33,34)/b32-19-/t21-/m1/s1. The number of amides is 1. The van der Waals surface area contributed by atoms with Crippen LogP contribution in [0.3, 0.4) is 0 Å². The van der Waals surface area contributed by atoms with E-state index in [4.69, 9.17) is 14.2 Å². The minimum absolute atomic E-state index is 0.149. The summed E-state index contributed by atoms with van der Waals surface area (Å²) in [6.07, 6.45) is 0.648. The van der Waals surface area contributed by atoms with Crippen molar-refractivity contribution in [2.75, 3.05) is 0 Å². The minimum Gasteiger partial charge on any atom is -0.489 e. The van der Waals surface area contributed by atoms with Crippen LogP contribution in [-0.4, -0.2) is 24.2 Å². The third-order valence-electron chi connectivity index (χ3n) is 5.33. The van der Waals surface area contributed by atoms with Gasteiger partial charge < -0.3 is 14.2 Å². The quantitative estimate of drug-likeness (QED) is 0.130. The summed E-state index contributed by atoms with van der Waals surface area (Å²) in [6, 6.07) is 28.8. The Balaban J connectivity index is 1.22. The first kappa shape index (κ1) is 26.1. The number of halogens is 1. The van der Waals surface area contributed by atoms with Gasteiger partial charge in [-0.25, -0.2) is 14.6 Å². The Morgan fingerprint density at radius 1 is 0.842 bits per heavy atom. The molecule has 0 radical (unpaired) electrons. The second kappa shape index (κ2) is 12.8. The average molecular weight is 513 g/mol. The van der Waals surface area contributed by atoms with Crippen molar-refractivity contribution in [1.82, 2.24) is 5.43 Å². The first-order chi connectivity index (χ1) is 18.5. The second-order valence-electron chi connectivity index (χ2n) is 8.18. The topological polar surface area (TPSA) is 86.2 Å². The fourth-order valence-electron chi connectivity index (χ4n) is 3.29. The van der Waals surface area contributed by atoms with Crippen molar-refractivity contribution in [2.45, 2.75) is 19.6 Å². The molecule has 1 amide bonds. The van der Waals surface area contributed by atoms with E-state index in [2.05, 4.69) is 10.5 Å². The first-order valence-corrected chi connectivity index (χ1v) is 11.8. The maximum atomic E-state index is 13.7. The van der Waals surface area contributed by atoms with E-state index in [0.29, 0.717) is 23.7 Å². The Hall–Kier alpha value is -4.98. The molecule has 8 heteroatoms. The van der Waals surface area contributed by atoms with Gasteiger partial charge in [0.05, 0.1) is 11.8 Å². The molecule has 0 unspecified atom stereocenters. The number of hydrazone groups is 1. The van der Waals surface area contributed by atoms with Gasteiger partial charge in [-0.2, -0.15) is 5.10 Å². The molecule has 0 aliphatic rings. The molecule has 0 aliphatic carbocycles. The van der Waals surface area contributed by atoms with Gasteiger partial charge in [0.15, 0.2) is 6.10 Å². The van der Waals surface area contributed by atoms with Crippen LogP contribution in [0.15, 0.2) is 108 Å². The molecular weight excluding hydrogens is 487 g/mol. The highest BCUT2D eigenvalue weighted by molar-refractivity contribution is 5.91. The summed E-state index contributed by atoms with van der Waals surface area (Å²) in [7, 11) is 0. The summed E-state index contributed by atoms with van der Waals surface area (Å²) in [5.74, 6) is -0.417. The molecule has 0 spiro atoms. The highest BCUT2D eigenvalue weighted by Gasteiger charge is 2.15. The van der Waals surface area contributed by atoms with E-state index in [-0.39, 0.29) is 11.3 Å². The van der Waals surface area contributed by atoms with Gasteiger partial charge in [0.2, 0.25) is 0 Å². The fourth-order valence-corrected chi connectivity index (χ4v) is 3.29. The molecule has 0 fully saturated rings. The summed E-state index contributed by atoms with van der Waals surface area (Å²) in [5.41, 5.74) is 4.00. The molecule has 4 aromatic carbocycles. The van der Waals surface area contributed by atoms with Crippen LogP contribution < -0.4 is 19.6 Å². The van der Waals surface area contributed by atoms with E-state index < -0.39 is 23.8 Å². The van der Waals surface area contributed by atoms with E-state index >= 15 is 0 Å². The van der Waals surface area contributed by atoms with E-state index in [0.717, 1.165) is 5.56 Å². The molecule has 0 heterocycles.